The van der Waals surface area contributed by atoms with Crippen molar-refractivity contribution in [3.63, 3.8) is 0 Å². The fourth-order valence-corrected chi connectivity index (χ4v) is 3.41. The molecule has 1 saturated heterocycles. The monoisotopic (exact) mass is 371 g/mol. The number of hydrogen-bond acceptors (Lipinski definition) is 6. The van der Waals surface area contributed by atoms with Gasteiger partial charge in [-0.2, -0.15) is 0 Å². The molecule has 0 saturated carbocycles. The summed E-state index contributed by atoms with van der Waals surface area (Å²) in [6, 6.07) is 3.84. The first-order valence-electron chi connectivity index (χ1n) is 9.58. The zero-order valence-corrected chi connectivity index (χ0v) is 16.6. The van der Waals surface area contributed by atoms with E-state index >= 15 is 0 Å². The number of anilines is 1. The van der Waals surface area contributed by atoms with Crippen molar-refractivity contribution in [2.24, 2.45) is 0 Å². The highest BCUT2D eigenvalue weighted by Crippen LogP contribution is 2.15. The minimum Gasteiger partial charge on any atom is -0.373 e. The molecule has 0 aromatic carbocycles. The summed E-state index contributed by atoms with van der Waals surface area (Å²) in [4.78, 5) is 26.0. The lowest BCUT2D eigenvalue weighted by molar-refractivity contribution is -0.0678. The molecular formula is C20H29N5O2. The summed E-state index contributed by atoms with van der Waals surface area (Å²) in [7, 11) is 0. The highest BCUT2D eigenvalue weighted by molar-refractivity contribution is 5.56. The Bertz CT molecular complexity index is 808. The summed E-state index contributed by atoms with van der Waals surface area (Å²) in [5, 5.41) is 3.36. The number of nitrogens with one attached hydrogen (secondary N) is 2. The largest absolute Gasteiger partial charge is 0.373 e. The molecule has 2 atom stereocenters. The molecule has 7 nitrogen and oxygen atoms in total. The molecule has 1 aliphatic heterocycles. The minimum absolute atomic E-state index is 0.105. The van der Waals surface area contributed by atoms with Gasteiger partial charge < -0.3 is 15.0 Å². The van der Waals surface area contributed by atoms with Gasteiger partial charge in [-0.05, 0) is 46.2 Å². The summed E-state index contributed by atoms with van der Waals surface area (Å²) < 4.78 is 5.77. The van der Waals surface area contributed by atoms with E-state index in [1.807, 2.05) is 19.1 Å². The molecule has 0 bridgehead atoms. The van der Waals surface area contributed by atoms with Crippen LogP contribution in [0, 0.1) is 13.8 Å². The number of H-pyrrole nitrogens is 1. The molecule has 0 amide bonds. The molecule has 2 unspecified atom stereocenters. The molecule has 1 fully saturated rings. The Morgan fingerprint density at radius 1 is 1.26 bits per heavy atom. The van der Waals surface area contributed by atoms with Gasteiger partial charge in [0.25, 0.3) is 5.56 Å². The van der Waals surface area contributed by atoms with Gasteiger partial charge in [0.1, 0.15) is 11.6 Å². The Balaban J connectivity index is 1.50. The summed E-state index contributed by atoms with van der Waals surface area (Å²) in [6.45, 7) is 11.8. The van der Waals surface area contributed by atoms with Gasteiger partial charge in [0, 0.05) is 49.2 Å². The van der Waals surface area contributed by atoms with Crippen molar-refractivity contribution in [1.82, 2.24) is 19.9 Å². The predicted molar refractivity (Wildman–Crippen MR) is 107 cm³/mol. The number of rotatable bonds is 6. The molecule has 27 heavy (non-hydrogen) atoms. The van der Waals surface area contributed by atoms with Gasteiger partial charge in [0.2, 0.25) is 0 Å². The molecular weight excluding hydrogens is 342 g/mol. The van der Waals surface area contributed by atoms with Crippen LogP contribution in [0.15, 0.2) is 23.1 Å². The lowest BCUT2D eigenvalue weighted by atomic mass is 10.2. The number of hydrogen-bond donors (Lipinski definition) is 2. The minimum atomic E-state index is -0.105. The van der Waals surface area contributed by atoms with Crippen LogP contribution in [0.1, 0.15) is 31.5 Å². The molecule has 2 N–H and O–H groups in total. The summed E-state index contributed by atoms with van der Waals surface area (Å²) in [5.41, 5.74) is 2.08. The maximum Gasteiger partial charge on any atom is 0.254 e. The molecule has 3 rings (SSSR count). The van der Waals surface area contributed by atoms with Gasteiger partial charge in [-0.25, -0.2) is 9.97 Å². The van der Waals surface area contributed by atoms with Gasteiger partial charge in [-0.15, -0.1) is 0 Å². The standard InChI is InChI=1S/C20H29N5O2/c1-13-11-25(12-14(2)27-13)9-5-8-21-18-7-6-17(10-22-18)19-23-16(4)15(3)20(26)24-19/h6-7,10,13-14H,5,8-9,11-12H2,1-4H3,(H,21,22)(H,23,24,26). The number of aromatic nitrogens is 3. The molecule has 0 aliphatic carbocycles. The smallest absolute Gasteiger partial charge is 0.254 e. The molecule has 0 radical (unpaired) electrons. The number of aryl methyl sites for hydroxylation is 1. The Labute approximate surface area is 160 Å². The fraction of sp³-hybridized carbons (Fsp3) is 0.550. The summed E-state index contributed by atoms with van der Waals surface area (Å²) in [5.74, 6) is 1.38. The Kier molecular flexibility index (Phi) is 6.23. The zero-order valence-electron chi connectivity index (χ0n) is 16.6. The molecule has 2 aromatic rings. The van der Waals surface area contributed by atoms with Crippen molar-refractivity contribution in [2.45, 2.75) is 46.3 Å². The van der Waals surface area contributed by atoms with Gasteiger partial charge in [0.15, 0.2) is 0 Å². The van der Waals surface area contributed by atoms with Crippen LogP contribution in [-0.2, 0) is 4.74 Å². The zero-order chi connectivity index (χ0) is 19.4. The van der Waals surface area contributed by atoms with Crippen molar-refractivity contribution in [1.29, 1.82) is 0 Å². The van der Waals surface area contributed by atoms with E-state index in [-0.39, 0.29) is 5.56 Å². The first kappa shape index (κ1) is 19.5. The maximum absolute atomic E-state index is 11.9. The van der Waals surface area contributed by atoms with Gasteiger partial charge in [-0.1, -0.05) is 0 Å². The van der Waals surface area contributed by atoms with E-state index in [0.29, 0.717) is 23.6 Å². The first-order valence-corrected chi connectivity index (χ1v) is 9.58. The maximum atomic E-state index is 11.9. The van der Waals surface area contributed by atoms with Crippen molar-refractivity contribution in [3.8, 4) is 11.4 Å². The molecule has 2 aromatic heterocycles. The van der Waals surface area contributed by atoms with E-state index in [0.717, 1.165) is 49.7 Å². The van der Waals surface area contributed by atoms with Crippen LogP contribution in [0.2, 0.25) is 0 Å². The molecule has 0 spiro atoms. The third-order valence-electron chi connectivity index (χ3n) is 4.88. The number of ether oxygens (including phenoxy) is 1. The van der Waals surface area contributed by atoms with Crippen LogP contribution in [0.4, 0.5) is 5.82 Å². The second-order valence-electron chi connectivity index (χ2n) is 7.35. The quantitative estimate of drug-likeness (QED) is 0.759. The van der Waals surface area contributed by atoms with E-state index in [4.69, 9.17) is 4.74 Å². The third-order valence-corrected chi connectivity index (χ3v) is 4.88. The third kappa shape index (κ3) is 5.14. The Hall–Kier alpha value is -2.25. The van der Waals surface area contributed by atoms with Gasteiger partial charge in [-0.3, -0.25) is 9.69 Å². The van der Waals surface area contributed by atoms with E-state index in [2.05, 4.69) is 39.0 Å². The van der Waals surface area contributed by atoms with E-state index < -0.39 is 0 Å². The van der Waals surface area contributed by atoms with Crippen molar-refractivity contribution in [3.05, 3.63) is 39.9 Å². The SMILES string of the molecule is Cc1nc(-c2ccc(NCCCN3CC(C)OC(C)C3)nc2)[nH]c(=O)c1C. The average molecular weight is 371 g/mol. The van der Waals surface area contributed by atoms with Crippen molar-refractivity contribution >= 4 is 5.82 Å². The number of morpholine rings is 1. The predicted octanol–water partition coefficient (Wildman–Crippen LogP) is 2.36. The van der Waals surface area contributed by atoms with Crippen LogP contribution in [0.5, 0.6) is 0 Å². The molecule has 146 valence electrons. The summed E-state index contributed by atoms with van der Waals surface area (Å²) in [6.07, 6.45) is 3.40. The highest BCUT2D eigenvalue weighted by Gasteiger charge is 2.21. The molecule has 3 heterocycles. The van der Waals surface area contributed by atoms with Crippen LogP contribution >= 0.6 is 0 Å². The second kappa shape index (κ2) is 8.63. The Morgan fingerprint density at radius 2 is 2.00 bits per heavy atom. The number of pyridine rings is 1. The lowest BCUT2D eigenvalue weighted by Crippen LogP contribution is -2.45. The van der Waals surface area contributed by atoms with Gasteiger partial charge >= 0.3 is 0 Å². The van der Waals surface area contributed by atoms with Crippen LogP contribution in [0.3, 0.4) is 0 Å². The molecule has 1 aliphatic rings. The summed E-state index contributed by atoms with van der Waals surface area (Å²) >= 11 is 0. The second-order valence-corrected chi connectivity index (χ2v) is 7.35. The fourth-order valence-electron chi connectivity index (χ4n) is 3.41. The lowest BCUT2D eigenvalue weighted by Gasteiger charge is -2.35. The van der Waals surface area contributed by atoms with Crippen molar-refractivity contribution < 1.29 is 4.74 Å². The Morgan fingerprint density at radius 3 is 2.63 bits per heavy atom. The molecule has 7 heteroatoms. The van der Waals surface area contributed by atoms with E-state index in [1.54, 1.807) is 13.1 Å². The normalized spacial score (nSPS) is 20.6. The van der Waals surface area contributed by atoms with E-state index in [9.17, 15) is 4.79 Å². The van der Waals surface area contributed by atoms with E-state index in [1.165, 1.54) is 0 Å². The van der Waals surface area contributed by atoms with Crippen molar-refractivity contribution in [2.75, 3.05) is 31.5 Å². The van der Waals surface area contributed by atoms with Gasteiger partial charge in [0.05, 0.1) is 12.2 Å². The average Bonchev–Trinajstić information content (AvgIpc) is 2.62. The van der Waals surface area contributed by atoms with Crippen LogP contribution in [0.25, 0.3) is 11.4 Å². The number of nitrogens with zero attached hydrogens (tertiary/aromatic N) is 3. The van der Waals surface area contributed by atoms with Crippen LogP contribution < -0.4 is 10.9 Å². The highest BCUT2D eigenvalue weighted by atomic mass is 16.5. The topological polar surface area (TPSA) is 83.1 Å². The first-order chi connectivity index (χ1) is 12.9. The van der Waals surface area contributed by atoms with Crippen LogP contribution in [-0.4, -0.2) is 58.2 Å². The number of aromatic amines is 1.